The molecule has 6 nitrogen and oxygen atoms in total. The summed E-state index contributed by atoms with van der Waals surface area (Å²) < 4.78 is 10.7. The Labute approximate surface area is 207 Å². The van der Waals surface area contributed by atoms with E-state index in [0.29, 0.717) is 17.4 Å². The lowest BCUT2D eigenvalue weighted by Gasteiger charge is -2.20. The Balaban J connectivity index is 1.88. The number of anilines is 3. The van der Waals surface area contributed by atoms with Crippen LogP contribution in [0, 0.1) is 5.92 Å². The van der Waals surface area contributed by atoms with E-state index < -0.39 is 0 Å². The SMILES string of the molecule is COc1ccc(Cc2ccc3nc(N)c(N)c(NCC(C)C)c3c2Cc2ccc(OC)cc2)cc1. The molecular formula is C29H34N4O2. The lowest BCUT2D eigenvalue weighted by molar-refractivity contribution is 0.414. The van der Waals surface area contributed by atoms with E-state index in [1.807, 2.05) is 30.3 Å². The number of aromatic nitrogens is 1. The summed E-state index contributed by atoms with van der Waals surface area (Å²) in [4.78, 5) is 4.64. The van der Waals surface area contributed by atoms with Gasteiger partial charge in [0.2, 0.25) is 0 Å². The smallest absolute Gasteiger partial charge is 0.149 e. The summed E-state index contributed by atoms with van der Waals surface area (Å²) in [6, 6.07) is 20.6. The molecule has 0 spiro atoms. The maximum absolute atomic E-state index is 6.49. The standard InChI is InChI=1S/C29H34N4O2/c1-18(2)17-32-28-26-24(16-20-7-12-23(35-4)13-8-20)21(9-14-25(26)33-29(31)27(28)30)15-19-5-10-22(34-3)11-6-19/h5-14,18H,15-17,30H2,1-4H3,(H3,31,32,33). The molecule has 0 aliphatic carbocycles. The molecular weight excluding hydrogens is 436 g/mol. The number of hydrogen-bond acceptors (Lipinski definition) is 6. The normalized spacial score (nSPS) is 11.1. The van der Waals surface area contributed by atoms with Crippen molar-refractivity contribution in [2.45, 2.75) is 26.7 Å². The second-order valence-corrected chi connectivity index (χ2v) is 9.21. The molecule has 4 rings (SSSR count). The molecule has 0 bridgehead atoms. The molecule has 1 aromatic heterocycles. The fourth-order valence-corrected chi connectivity index (χ4v) is 4.27. The Kier molecular flexibility index (Phi) is 7.30. The minimum absolute atomic E-state index is 0.349. The average Bonchev–Trinajstić information content (AvgIpc) is 2.86. The van der Waals surface area contributed by atoms with Gasteiger partial charge >= 0.3 is 0 Å². The van der Waals surface area contributed by atoms with Gasteiger partial charge < -0.3 is 26.3 Å². The van der Waals surface area contributed by atoms with Crippen LogP contribution in [-0.4, -0.2) is 25.7 Å². The van der Waals surface area contributed by atoms with Crippen LogP contribution in [0.5, 0.6) is 11.5 Å². The fourth-order valence-electron chi connectivity index (χ4n) is 4.27. The van der Waals surface area contributed by atoms with E-state index in [9.17, 15) is 0 Å². The summed E-state index contributed by atoms with van der Waals surface area (Å²) in [7, 11) is 3.36. The number of nitrogens with two attached hydrogens (primary N) is 2. The molecule has 0 unspecified atom stereocenters. The average molecular weight is 471 g/mol. The first kappa shape index (κ1) is 24.2. The van der Waals surface area contributed by atoms with E-state index in [-0.39, 0.29) is 0 Å². The van der Waals surface area contributed by atoms with Gasteiger partial charge in [0, 0.05) is 11.9 Å². The van der Waals surface area contributed by atoms with Crippen LogP contribution in [0.3, 0.4) is 0 Å². The van der Waals surface area contributed by atoms with Crippen molar-refractivity contribution in [3.8, 4) is 11.5 Å². The van der Waals surface area contributed by atoms with Crippen LogP contribution in [0.1, 0.15) is 36.1 Å². The predicted octanol–water partition coefficient (Wildman–Crippen LogP) is 5.67. The van der Waals surface area contributed by atoms with E-state index in [0.717, 1.165) is 47.5 Å². The third-order valence-corrected chi connectivity index (χ3v) is 6.20. The Morgan fingerprint density at radius 3 is 1.91 bits per heavy atom. The number of fused-ring (bicyclic) bond motifs is 1. The molecule has 0 aliphatic rings. The van der Waals surface area contributed by atoms with Gasteiger partial charge in [-0.3, -0.25) is 0 Å². The zero-order valence-corrected chi connectivity index (χ0v) is 20.9. The van der Waals surface area contributed by atoms with Crippen molar-refractivity contribution >= 4 is 28.1 Å². The van der Waals surface area contributed by atoms with Gasteiger partial charge in [0.25, 0.3) is 0 Å². The zero-order chi connectivity index (χ0) is 24.9. The molecule has 35 heavy (non-hydrogen) atoms. The van der Waals surface area contributed by atoms with Crippen molar-refractivity contribution in [1.82, 2.24) is 4.98 Å². The van der Waals surface area contributed by atoms with Crippen LogP contribution < -0.4 is 26.3 Å². The quantitative estimate of drug-likeness (QED) is 0.292. The van der Waals surface area contributed by atoms with Gasteiger partial charge in [-0.15, -0.1) is 0 Å². The third-order valence-electron chi connectivity index (χ3n) is 6.20. The lowest BCUT2D eigenvalue weighted by atomic mass is 9.90. The van der Waals surface area contributed by atoms with Crippen molar-refractivity contribution in [3.05, 3.63) is 82.9 Å². The van der Waals surface area contributed by atoms with Gasteiger partial charge in [-0.05, 0) is 71.3 Å². The van der Waals surface area contributed by atoms with Gasteiger partial charge in [0.15, 0.2) is 0 Å². The number of hydrogen-bond donors (Lipinski definition) is 3. The molecule has 0 amide bonds. The number of methoxy groups -OCH3 is 2. The van der Waals surface area contributed by atoms with E-state index in [1.54, 1.807) is 14.2 Å². The minimum atomic E-state index is 0.349. The molecule has 5 N–H and O–H groups in total. The molecule has 6 heteroatoms. The number of nitrogen functional groups attached to an aromatic ring is 2. The summed E-state index contributed by atoms with van der Waals surface area (Å²) >= 11 is 0. The fraction of sp³-hybridized carbons (Fsp3) is 0.276. The second kappa shape index (κ2) is 10.6. The Morgan fingerprint density at radius 2 is 1.37 bits per heavy atom. The van der Waals surface area contributed by atoms with Gasteiger partial charge in [-0.2, -0.15) is 0 Å². The maximum Gasteiger partial charge on any atom is 0.149 e. The van der Waals surface area contributed by atoms with E-state index in [4.69, 9.17) is 20.9 Å². The first-order chi connectivity index (χ1) is 16.9. The molecule has 0 radical (unpaired) electrons. The predicted molar refractivity (Wildman–Crippen MR) is 145 cm³/mol. The number of rotatable bonds is 9. The van der Waals surface area contributed by atoms with Crippen molar-refractivity contribution in [2.75, 3.05) is 37.5 Å². The number of nitrogens with zero attached hydrogens (tertiary/aromatic N) is 1. The van der Waals surface area contributed by atoms with Crippen LogP contribution in [-0.2, 0) is 12.8 Å². The van der Waals surface area contributed by atoms with Gasteiger partial charge in [-0.1, -0.05) is 44.2 Å². The largest absolute Gasteiger partial charge is 0.497 e. The molecule has 1 heterocycles. The van der Waals surface area contributed by atoms with Gasteiger partial charge in [-0.25, -0.2) is 4.98 Å². The maximum atomic E-state index is 6.49. The number of benzene rings is 3. The Morgan fingerprint density at radius 1 is 0.800 bits per heavy atom. The number of pyridine rings is 1. The van der Waals surface area contributed by atoms with Gasteiger partial charge in [0.05, 0.1) is 31.1 Å². The molecule has 4 aromatic rings. The number of ether oxygens (including phenoxy) is 2. The monoisotopic (exact) mass is 470 g/mol. The highest BCUT2D eigenvalue weighted by Crippen LogP contribution is 2.38. The van der Waals surface area contributed by atoms with Crippen molar-refractivity contribution in [1.29, 1.82) is 0 Å². The first-order valence-corrected chi connectivity index (χ1v) is 11.9. The van der Waals surface area contributed by atoms with Crippen molar-refractivity contribution < 1.29 is 9.47 Å². The highest BCUT2D eigenvalue weighted by atomic mass is 16.5. The van der Waals surface area contributed by atoms with E-state index in [2.05, 4.69) is 54.5 Å². The molecule has 0 aliphatic heterocycles. The van der Waals surface area contributed by atoms with Crippen LogP contribution in [0.4, 0.5) is 17.2 Å². The highest BCUT2D eigenvalue weighted by molar-refractivity contribution is 6.03. The summed E-state index contributed by atoms with van der Waals surface area (Å²) in [5.74, 6) is 2.48. The zero-order valence-electron chi connectivity index (χ0n) is 20.9. The summed E-state index contributed by atoms with van der Waals surface area (Å²) in [6.07, 6.45) is 1.51. The molecule has 3 aromatic carbocycles. The molecule has 182 valence electrons. The first-order valence-electron chi connectivity index (χ1n) is 11.9. The number of nitrogens with one attached hydrogen (secondary N) is 1. The Bertz CT molecular complexity index is 1300. The van der Waals surface area contributed by atoms with Gasteiger partial charge in [0.1, 0.15) is 17.3 Å². The van der Waals surface area contributed by atoms with Crippen LogP contribution in [0.15, 0.2) is 60.7 Å². The second-order valence-electron chi connectivity index (χ2n) is 9.21. The summed E-state index contributed by atoms with van der Waals surface area (Å²) in [6.45, 7) is 5.13. The van der Waals surface area contributed by atoms with Crippen LogP contribution in [0.2, 0.25) is 0 Å². The summed E-state index contributed by atoms with van der Waals surface area (Å²) in [5, 5.41) is 4.59. The Hall–Kier alpha value is -3.93. The minimum Gasteiger partial charge on any atom is -0.497 e. The van der Waals surface area contributed by atoms with Crippen molar-refractivity contribution in [3.63, 3.8) is 0 Å². The van der Waals surface area contributed by atoms with Crippen LogP contribution in [0.25, 0.3) is 10.9 Å². The highest BCUT2D eigenvalue weighted by Gasteiger charge is 2.18. The topological polar surface area (TPSA) is 95.4 Å². The molecule has 0 saturated carbocycles. The van der Waals surface area contributed by atoms with E-state index in [1.165, 1.54) is 22.3 Å². The molecule has 0 atom stereocenters. The third kappa shape index (κ3) is 5.43. The summed E-state index contributed by atoms with van der Waals surface area (Å²) in [5.41, 5.74) is 19.7. The molecule has 0 fully saturated rings. The van der Waals surface area contributed by atoms with Crippen molar-refractivity contribution in [2.24, 2.45) is 5.92 Å². The van der Waals surface area contributed by atoms with Crippen LogP contribution >= 0.6 is 0 Å². The van der Waals surface area contributed by atoms with E-state index >= 15 is 0 Å². The molecule has 0 saturated heterocycles. The lowest BCUT2D eigenvalue weighted by Crippen LogP contribution is -2.13.